The van der Waals surface area contributed by atoms with E-state index in [-0.39, 0.29) is 5.56 Å². The van der Waals surface area contributed by atoms with Crippen LogP contribution in [0.15, 0.2) is 54.6 Å². The number of carbonyl (C=O) groups is 1. The van der Waals surface area contributed by atoms with Gasteiger partial charge in [-0.3, -0.25) is 4.79 Å². The highest BCUT2D eigenvalue weighted by atomic mass is 19.4. The molecule has 26 heavy (non-hydrogen) atoms. The van der Waals surface area contributed by atoms with Crippen LogP contribution in [0.25, 0.3) is 6.08 Å². The van der Waals surface area contributed by atoms with E-state index >= 15 is 0 Å². The predicted molar refractivity (Wildman–Crippen MR) is 79.6 cm³/mol. The maximum atomic E-state index is 12.1. The van der Waals surface area contributed by atoms with Crippen molar-refractivity contribution in [1.82, 2.24) is 0 Å². The summed E-state index contributed by atoms with van der Waals surface area (Å²) in [4.78, 5) is 11.9. The van der Waals surface area contributed by atoms with E-state index in [4.69, 9.17) is 0 Å². The first-order valence-electron chi connectivity index (χ1n) is 6.96. The van der Waals surface area contributed by atoms with E-state index in [2.05, 4.69) is 9.47 Å². The lowest BCUT2D eigenvalue weighted by Crippen LogP contribution is -2.17. The monoisotopic (exact) mass is 376 g/mol. The van der Waals surface area contributed by atoms with Crippen LogP contribution in [0.3, 0.4) is 0 Å². The van der Waals surface area contributed by atoms with Gasteiger partial charge in [0.05, 0.1) is 0 Å². The van der Waals surface area contributed by atoms with E-state index < -0.39 is 30.0 Å². The molecule has 2 aromatic carbocycles. The van der Waals surface area contributed by atoms with Gasteiger partial charge in [0.1, 0.15) is 11.5 Å². The van der Waals surface area contributed by atoms with Gasteiger partial charge in [0.15, 0.2) is 5.78 Å². The molecule has 3 nitrogen and oxygen atoms in total. The van der Waals surface area contributed by atoms with Crippen molar-refractivity contribution in [3.05, 3.63) is 65.7 Å². The van der Waals surface area contributed by atoms with Crippen LogP contribution < -0.4 is 9.47 Å². The molecule has 0 unspecified atom stereocenters. The molecule has 0 fully saturated rings. The second-order valence-electron chi connectivity index (χ2n) is 4.89. The number of alkyl halides is 6. The van der Waals surface area contributed by atoms with Gasteiger partial charge in [0, 0.05) is 5.56 Å². The Morgan fingerprint density at radius 2 is 1.15 bits per heavy atom. The summed E-state index contributed by atoms with van der Waals surface area (Å²) >= 11 is 0. The van der Waals surface area contributed by atoms with Gasteiger partial charge in [0.25, 0.3) is 0 Å². The molecule has 0 atom stereocenters. The standard InChI is InChI=1S/C17H10F6O3/c18-16(19,20)25-13-6-1-11(2-7-13)3-10-15(24)12-4-8-14(9-5-12)26-17(21,22)23/h1-10H. The van der Waals surface area contributed by atoms with E-state index in [9.17, 15) is 31.1 Å². The first-order chi connectivity index (χ1) is 12.0. The van der Waals surface area contributed by atoms with Gasteiger partial charge in [-0.15, -0.1) is 26.3 Å². The molecular weight excluding hydrogens is 366 g/mol. The highest BCUT2D eigenvalue weighted by molar-refractivity contribution is 6.06. The summed E-state index contributed by atoms with van der Waals surface area (Å²) in [6.45, 7) is 0. The fourth-order valence-corrected chi connectivity index (χ4v) is 1.87. The SMILES string of the molecule is O=C(C=Cc1ccc(OC(F)(F)F)cc1)c1ccc(OC(F)(F)F)cc1. The maximum Gasteiger partial charge on any atom is 0.573 e. The van der Waals surface area contributed by atoms with Crippen LogP contribution in [0.1, 0.15) is 15.9 Å². The molecule has 2 aromatic rings. The maximum absolute atomic E-state index is 12.1. The summed E-state index contributed by atoms with van der Waals surface area (Å²) in [5.74, 6) is -1.36. The lowest BCUT2D eigenvalue weighted by molar-refractivity contribution is -0.275. The van der Waals surface area contributed by atoms with Crippen molar-refractivity contribution < 1.29 is 40.6 Å². The molecular formula is C17H10F6O3. The van der Waals surface area contributed by atoms with Crippen molar-refractivity contribution in [3.8, 4) is 11.5 Å². The fraction of sp³-hybridized carbons (Fsp3) is 0.118. The van der Waals surface area contributed by atoms with Crippen LogP contribution in [-0.4, -0.2) is 18.5 Å². The first-order valence-corrected chi connectivity index (χ1v) is 6.96. The van der Waals surface area contributed by atoms with Gasteiger partial charge in [-0.2, -0.15) is 0 Å². The van der Waals surface area contributed by atoms with Gasteiger partial charge in [0.2, 0.25) is 0 Å². The number of allylic oxidation sites excluding steroid dienone is 1. The first kappa shape index (κ1) is 19.4. The van der Waals surface area contributed by atoms with Gasteiger partial charge in [-0.05, 0) is 48.0 Å². The molecule has 0 heterocycles. The Bertz CT molecular complexity index is 774. The number of hydrogen-bond donors (Lipinski definition) is 0. The van der Waals surface area contributed by atoms with Crippen molar-refractivity contribution >= 4 is 11.9 Å². The van der Waals surface area contributed by atoms with E-state index in [0.717, 1.165) is 42.5 Å². The molecule has 9 heteroatoms. The average molecular weight is 376 g/mol. The predicted octanol–water partition coefficient (Wildman–Crippen LogP) is 5.38. The summed E-state index contributed by atoms with van der Waals surface area (Å²) in [5, 5.41) is 0. The molecule has 0 radical (unpaired) electrons. The van der Waals surface area contributed by atoms with Crippen LogP contribution in [0.5, 0.6) is 11.5 Å². The summed E-state index contributed by atoms with van der Waals surface area (Å²) < 4.78 is 79.7. The quantitative estimate of drug-likeness (QED) is 0.399. The van der Waals surface area contributed by atoms with Gasteiger partial charge >= 0.3 is 12.7 Å². The molecule has 0 spiro atoms. The van der Waals surface area contributed by atoms with Crippen molar-refractivity contribution in [2.45, 2.75) is 12.7 Å². The molecule has 138 valence electrons. The van der Waals surface area contributed by atoms with Crippen molar-refractivity contribution in [1.29, 1.82) is 0 Å². The average Bonchev–Trinajstić information content (AvgIpc) is 2.51. The molecule has 0 aromatic heterocycles. The second kappa shape index (κ2) is 7.51. The molecule has 0 aliphatic carbocycles. The Morgan fingerprint density at radius 1 is 0.731 bits per heavy atom. The van der Waals surface area contributed by atoms with Crippen LogP contribution >= 0.6 is 0 Å². The molecule has 0 aliphatic heterocycles. The topological polar surface area (TPSA) is 35.5 Å². The molecule has 0 N–H and O–H groups in total. The Kier molecular flexibility index (Phi) is 5.59. The number of ether oxygens (including phenoxy) is 2. The zero-order valence-electron chi connectivity index (χ0n) is 12.8. The van der Waals surface area contributed by atoms with E-state index in [1.165, 1.54) is 18.2 Å². The molecule has 0 aliphatic rings. The highest BCUT2D eigenvalue weighted by Gasteiger charge is 2.31. The third-order valence-electron chi connectivity index (χ3n) is 2.91. The number of halogens is 6. The molecule has 2 rings (SSSR count). The van der Waals surface area contributed by atoms with Crippen LogP contribution in [0.2, 0.25) is 0 Å². The third-order valence-corrected chi connectivity index (χ3v) is 2.91. The van der Waals surface area contributed by atoms with E-state index in [1.54, 1.807) is 0 Å². The molecule has 0 bridgehead atoms. The summed E-state index contributed by atoms with van der Waals surface area (Å²) in [6.07, 6.45) is -7.14. The summed E-state index contributed by atoms with van der Waals surface area (Å²) in [5.41, 5.74) is 0.553. The Labute approximate surface area is 143 Å². The van der Waals surface area contributed by atoms with Crippen LogP contribution in [-0.2, 0) is 0 Å². The number of rotatable bonds is 5. The summed E-state index contributed by atoms with van der Waals surface area (Å²) in [7, 11) is 0. The van der Waals surface area contributed by atoms with Crippen molar-refractivity contribution in [3.63, 3.8) is 0 Å². The Morgan fingerprint density at radius 3 is 1.58 bits per heavy atom. The number of ketones is 1. The third kappa shape index (κ3) is 6.50. The lowest BCUT2D eigenvalue weighted by atomic mass is 10.1. The van der Waals surface area contributed by atoms with Gasteiger partial charge in [-0.25, -0.2) is 0 Å². The van der Waals surface area contributed by atoms with Crippen molar-refractivity contribution in [2.24, 2.45) is 0 Å². The Balaban J connectivity index is 2.00. The van der Waals surface area contributed by atoms with Gasteiger partial charge < -0.3 is 9.47 Å². The minimum atomic E-state index is -4.83. The largest absolute Gasteiger partial charge is 0.573 e. The normalized spacial score (nSPS) is 12.2. The zero-order chi connectivity index (χ0) is 19.4. The fourth-order valence-electron chi connectivity index (χ4n) is 1.87. The number of benzene rings is 2. The van der Waals surface area contributed by atoms with E-state index in [0.29, 0.717) is 5.56 Å². The number of carbonyl (C=O) groups excluding carboxylic acids is 1. The molecule has 0 amide bonds. The zero-order valence-corrected chi connectivity index (χ0v) is 12.8. The Hall–Kier alpha value is -2.97. The van der Waals surface area contributed by atoms with E-state index in [1.807, 2.05) is 0 Å². The molecule has 0 saturated heterocycles. The number of hydrogen-bond acceptors (Lipinski definition) is 3. The summed E-state index contributed by atoms with van der Waals surface area (Å²) in [6, 6.07) is 9.11. The minimum Gasteiger partial charge on any atom is -0.406 e. The van der Waals surface area contributed by atoms with Crippen LogP contribution in [0.4, 0.5) is 26.3 Å². The second-order valence-corrected chi connectivity index (χ2v) is 4.89. The molecule has 0 saturated carbocycles. The van der Waals surface area contributed by atoms with Gasteiger partial charge in [-0.1, -0.05) is 18.2 Å². The highest BCUT2D eigenvalue weighted by Crippen LogP contribution is 2.24. The lowest BCUT2D eigenvalue weighted by Gasteiger charge is -2.08. The van der Waals surface area contributed by atoms with Crippen LogP contribution in [0, 0.1) is 0 Å². The smallest absolute Gasteiger partial charge is 0.406 e. The van der Waals surface area contributed by atoms with Crippen molar-refractivity contribution in [2.75, 3.05) is 0 Å². The minimum absolute atomic E-state index is 0.118.